The van der Waals surface area contributed by atoms with Crippen molar-refractivity contribution in [3.8, 4) is 5.75 Å². The molecular formula is C13H13NO3S. The molecule has 0 radical (unpaired) electrons. The third-order valence-corrected chi connectivity index (χ3v) is 3.24. The molecule has 0 atom stereocenters. The molecule has 0 bridgehead atoms. The van der Waals surface area contributed by atoms with Crippen LogP contribution in [-0.4, -0.2) is 24.7 Å². The van der Waals surface area contributed by atoms with E-state index in [-0.39, 0.29) is 5.97 Å². The van der Waals surface area contributed by atoms with Crippen LogP contribution in [0.3, 0.4) is 0 Å². The first-order valence-corrected chi connectivity index (χ1v) is 6.34. The number of methoxy groups -OCH3 is 1. The Bertz CT molecular complexity index is 589. The van der Waals surface area contributed by atoms with Gasteiger partial charge in [0.2, 0.25) is 0 Å². The lowest BCUT2D eigenvalue weighted by Gasteiger charge is -1.96. The minimum Gasteiger partial charge on any atom is -0.497 e. The van der Waals surface area contributed by atoms with Crippen LogP contribution in [0, 0.1) is 0 Å². The summed E-state index contributed by atoms with van der Waals surface area (Å²) in [5.74, 6) is 0.446. The smallest absolute Gasteiger partial charge is 0.330 e. The molecule has 18 heavy (non-hydrogen) atoms. The Hall–Kier alpha value is -1.88. The summed E-state index contributed by atoms with van der Waals surface area (Å²) in [6.07, 6.45) is 3.05. The summed E-state index contributed by atoms with van der Waals surface area (Å²) in [6.45, 7) is 2.15. The Morgan fingerprint density at radius 3 is 3.06 bits per heavy atom. The highest BCUT2D eigenvalue weighted by Crippen LogP contribution is 2.26. The molecule has 0 saturated carbocycles. The van der Waals surface area contributed by atoms with Crippen LogP contribution in [0.15, 0.2) is 24.3 Å². The van der Waals surface area contributed by atoms with Gasteiger partial charge in [-0.1, -0.05) is 0 Å². The normalized spacial score (nSPS) is 11.0. The molecule has 1 aromatic carbocycles. The van der Waals surface area contributed by atoms with Crippen LogP contribution in [0.5, 0.6) is 5.75 Å². The summed E-state index contributed by atoms with van der Waals surface area (Å²) < 4.78 is 11.0. The highest BCUT2D eigenvalue weighted by atomic mass is 32.1. The van der Waals surface area contributed by atoms with Gasteiger partial charge in [0.05, 0.1) is 23.9 Å². The topological polar surface area (TPSA) is 48.4 Å². The number of hydrogen-bond donors (Lipinski definition) is 0. The fraction of sp³-hybridized carbons (Fsp3) is 0.231. The quantitative estimate of drug-likeness (QED) is 0.628. The Morgan fingerprint density at radius 1 is 1.50 bits per heavy atom. The SMILES string of the molecule is CCOC(=O)C=Cc1nc2ccc(OC)cc2s1. The maximum absolute atomic E-state index is 11.2. The molecule has 2 aromatic rings. The second-order valence-corrected chi connectivity index (χ2v) is 4.53. The van der Waals surface area contributed by atoms with E-state index in [1.165, 1.54) is 17.4 Å². The lowest BCUT2D eigenvalue weighted by atomic mass is 10.3. The molecule has 5 heteroatoms. The first kappa shape index (κ1) is 12.6. The zero-order valence-corrected chi connectivity index (χ0v) is 11.0. The largest absolute Gasteiger partial charge is 0.497 e. The van der Waals surface area contributed by atoms with Crippen molar-refractivity contribution < 1.29 is 14.3 Å². The van der Waals surface area contributed by atoms with Crippen molar-refractivity contribution in [2.75, 3.05) is 13.7 Å². The molecule has 0 N–H and O–H groups in total. The molecule has 1 aromatic heterocycles. The van der Waals surface area contributed by atoms with Crippen molar-refractivity contribution in [2.24, 2.45) is 0 Å². The number of thiazole rings is 1. The molecule has 94 valence electrons. The number of nitrogens with zero attached hydrogens (tertiary/aromatic N) is 1. The molecule has 2 rings (SSSR count). The maximum atomic E-state index is 11.2. The predicted molar refractivity (Wildman–Crippen MR) is 71.8 cm³/mol. The van der Waals surface area contributed by atoms with Gasteiger partial charge in [-0.25, -0.2) is 9.78 Å². The van der Waals surface area contributed by atoms with Gasteiger partial charge in [-0.05, 0) is 31.2 Å². The van der Waals surface area contributed by atoms with Crippen LogP contribution < -0.4 is 4.74 Å². The van der Waals surface area contributed by atoms with Gasteiger partial charge in [0.1, 0.15) is 10.8 Å². The number of esters is 1. The average Bonchev–Trinajstić information content (AvgIpc) is 2.78. The zero-order chi connectivity index (χ0) is 13.0. The number of carbonyl (C=O) groups excluding carboxylic acids is 1. The standard InChI is InChI=1S/C13H13NO3S/c1-3-17-13(15)7-6-12-14-10-5-4-9(16-2)8-11(10)18-12/h4-8H,3H2,1-2H3. The molecule has 4 nitrogen and oxygen atoms in total. The lowest BCUT2D eigenvalue weighted by molar-refractivity contribution is -0.137. The molecule has 0 unspecified atom stereocenters. The maximum Gasteiger partial charge on any atom is 0.330 e. The van der Waals surface area contributed by atoms with Gasteiger partial charge >= 0.3 is 5.97 Å². The summed E-state index contributed by atoms with van der Waals surface area (Å²) in [4.78, 5) is 15.6. The fourth-order valence-electron chi connectivity index (χ4n) is 1.45. The number of ether oxygens (including phenoxy) is 2. The molecule has 0 amide bonds. The van der Waals surface area contributed by atoms with Crippen LogP contribution in [0.2, 0.25) is 0 Å². The summed E-state index contributed by atoms with van der Waals surface area (Å²) >= 11 is 1.50. The number of aromatic nitrogens is 1. The fourth-order valence-corrected chi connectivity index (χ4v) is 2.35. The molecule has 0 aliphatic carbocycles. The van der Waals surface area contributed by atoms with Gasteiger partial charge in [0.25, 0.3) is 0 Å². The van der Waals surface area contributed by atoms with Crippen molar-refractivity contribution in [3.63, 3.8) is 0 Å². The number of carbonyl (C=O) groups is 1. The van der Waals surface area contributed by atoms with Crippen LogP contribution in [0.1, 0.15) is 11.9 Å². The third kappa shape index (κ3) is 2.87. The Labute approximate surface area is 109 Å². The van der Waals surface area contributed by atoms with Crippen LogP contribution in [-0.2, 0) is 9.53 Å². The number of rotatable bonds is 4. The lowest BCUT2D eigenvalue weighted by Crippen LogP contribution is -1.98. The van der Waals surface area contributed by atoms with Crippen molar-refractivity contribution in [3.05, 3.63) is 29.3 Å². The molecule has 1 heterocycles. The van der Waals surface area contributed by atoms with E-state index < -0.39 is 0 Å². The molecular weight excluding hydrogens is 250 g/mol. The van der Waals surface area contributed by atoms with Gasteiger partial charge in [-0.2, -0.15) is 0 Å². The number of fused-ring (bicyclic) bond motifs is 1. The van der Waals surface area contributed by atoms with Crippen LogP contribution >= 0.6 is 11.3 Å². The van der Waals surface area contributed by atoms with E-state index in [1.54, 1.807) is 20.1 Å². The van der Waals surface area contributed by atoms with E-state index in [2.05, 4.69) is 4.98 Å². The zero-order valence-electron chi connectivity index (χ0n) is 10.2. The van der Waals surface area contributed by atoms with E-state index >= 15 is 0 Å². The van der Waals surface area contributed by atoms with Gasteiger partial charge in [-0.15, -0.1) is 11.3 Å². The highest BCUT2D eigenvalue weighted by Gasteiger charge is 2.03. The Kier molecular flexibility index (Phi) is 3.94. The van der Waals surface area contributed by atoms with E-state index in [0.29, 0.717) is 6.61 Å². The summed E-state index contributed by atoms with van der Waals surface area (Å²) in [6, 6.07) is 5.68. The summed E-state index contributed by atoms with van der Waals surface area (Å²) in [5, 5.41) is 0.770. The minimum atomic E-state index is -0.352. The highest BCUT2D eigenvalue weighted by molar-refractivity contribution is 7.19. The molecule has 0 fully saturated rings. The summed E-state index contributed by atoms with van der Waals surface area (Å²) in [7, 11) is 1.63. The Balaban J connectivity index is 2.22. The first-order chi connectivity index (χ1) is 8.72. The second-order valence-electron chi connectivity index (χ2n) is 3.47. The first-order valence-electron chi connectivity index (χ1n) is 5.52. The predicted octanol–water partition coefficient (Wildman–Crippen LogP) is 2.88. The van der Waals surface area contributed by atoms with Crippen molar-refractivity contribution in [1.82, 2.24) is 4.98 Å². The molecule has 0 aliphatic rings. The Morgan fingerprint density at radius 2 is 2.33 bits per heavy atom. The van der Waals surface area contributed by atoms with Crippen molar-refractivity contribution in [1.29, 1.82) is 0 Å². The van der Waals surface area contributed by atoms with Gasteiger partial charge in [-0.3, -0.25) is 0 Å². The van der Waals surface area contributed by atoms with E-state index in [4.69, 9.17) is 9.47 Å². The summed E-state index contributed by atoms with van der Waals surface area (Å²) in [5.41, 5.74) is 0.893. The van der Waals surface area contributed by atoms with Gasteiger partial charge in [0.15, 0.2) is 0 Å². The average molecular weight is 263 g/mol. The molecule has 0 saturated heterocycles. The van der Waals surface area contributed by atoms with Crippen LogP contribution in [0.25, 0.3) is 16.3 Å². The van der Waals surface area contributed by atoms with Gasteiger partial charge in [0, 0.05) is 6.08 Å². The van der Waals surface area contributed by atoms with E-state index in [1.807, 2.05) is 18.2 Å². The van der Waals surface area contributed by atoms with E-state index in [9.17, 15) is 4.79 Å². The monoisotopic (exact) mass is 263 g/mol. The van der Waals surface area contributed by atoms with Crippen molar-refractivity contribution in [2.45, 2.75) is 6.92 Å². The third-order valence-electron chi connectivity index (χ3n) is 2.26. The minimum absolute atomic E-state index is 0.352. The van der Waals surface area contributed by atoms with Crippen LogP contribution in [0.4, 0.5) is 0 Å². The molecule has 0 spiro atoms. The van der Waals surface area contributed by atoms with Gasteiger partial charge < -0.3 is 9.47 Å². The second kappa shape index (κ2) is 5.64. The van der Waals surface area contributed by atoms with Crippen molar-refractivity contribution >= 4 is 33.6 Å². The number of hydrogen-bond acceptors (Lipinski definition) is 5. The molecule has 0 aliphatic heterocycles. The van der Waals surface area contributed by atoms with E-state index in [0.717, 1.165) is 21.0 Å². The number of benzene rings is 1.